The summed E-state index contributed by atoms with van der Waals surface area (Å²) in [5, 5.41) is 2.46. The molecule has 0 fully saturated rings. The van der Waals surface area contributed by atoms with Gasteiger partial charge in [0, 0.05) is 48.3 Å². The van der Waals surface area contributed by atoms with Crippen LogP contribution in [0.2, 0.25) is 0 Å². The van der Waals surface area contributed by atoms with Crippen LogP contribution in [0.1, 0.15) is 36.8 Å². The minimum Gasteiger partial charge on any atom is -0.213 e. The van der Waals surface area contributed by atoms with E-state index in [1.807, 2.05) is 72.0 Å². The molecule has 0 saturated carbocycles. The van der Waals surface area contributed by atoms with Gasteiger partial charge in [0.2, 0.25) is 0 Å². The van der Waals surface area contributed by atoms with Crippen LogP contribution >= 0.6 is 11.3 Å². The van der Waals surface area contributed by atoms with Crippen LogP contribution in [-0.2, 0) is 0 Å². The maximum absolute atomic E-state index is 5.11. The van der Waals surface area contributed by atoms with Crippen LogP contribution < -0.4 is 0 Å². The molecule has 3 heterocycles. The number of rotatable bonds is 8. The van der Waals surface area contributed by atoms with Gasteiger partial charge in [0.1, 0.15) is 5.82 Å². The largest absolute Gasteiger partial charge is 0.213 e. The van der Waals surface area contributed by atoms with E-state index in [4.69, 9.17) is 29.9 Å². The summed E-state index contributed by atoms with van der Waals surface area (Å²) in [6.07, 6.45) is 17.8. The number of benzene rings is 6. The average molecular weight is 803 g/mol. The molecule has 11 rings (SSSR count). The van der Waals surface area contributed by atoms with Crippen LogP contribution in [0.4, 0.5) is 0 Å². The molecule has 0 aliphatic heterocycles. The predicted octanol–water partition coefficient (Wildman–Crippen LogP) is 13.8. The number of nitrogens with zero attached hydrogens (tertiary/aromatic N) is 6. The van der Waals surface area contributed by atoms with E-state index in [0.29, 0.717) is 23.3 Å². The quantitative estimate of drug-likeness (QED) is 0.152. The molecule has 3 aromatic heterocycles. The third-order valence-corrected chi connectivity index (χ3v) is 12.6. The topological polar surface area (TPSA) is 77.3 Å². The summed E-state index contributed by atoms with van der Waals surface area (Å²) in [5.74, 6) is 4.33. The van der Waals surface area contributed by atoms with Crippen LogP contribution in [0.25, 0.3) is 93.6 Å². The van der Waals surface area contributed by atoms with Gasteiger partial charge in [0.15, 0.2) is 29.1 Å². The van der Waals surface area contributed by atoms with Crippen LogP contribution in [0, 0.1) is 0 Å². The Morgan fingerprint density at radius 2 is 1.03 bits per heavy atom. The Morgan fingerprint density at radius 1 is 0.459 bits per heavy atom. The van der Waals surface area contributed by atoms with Gasteiger partial charge in [-0.3, -0.25) is 0 Å². The second-order valence-electron chi connectivity index (χ2n) is 15.3. The number of aromatic nitrogens is 6. The van der Waals surface area contributed by atoms with E-state index in [0.717, 1.165) is 69.9 Å². The zero-order chi connectivity index (χ0) is 40.5. The molecular formula is C54H38N6S. The minimum absolute atomic E-state index is 0.116. The first-order valence-electron chi connectivity index (χ1n) is 20.7. The lowest BCUT2D eigenvalue weighted by molar-refractivity contribution is 0.754. The van der Waals surface area contributed by atoms with E-state index in [1.165, 1.54) is 31.3 Å². The fraction of sp³-hybridized carbons (Fsp3) is 0.0741. The van der Waals surface area contributed by atoms with E-state index in [-0.39, 0.29) is 5.92 Å². The Balaban J connectivity index is 0.997. The molecule has 0 bridgehead atoms. The van der Waals surface area contributed by atoms with Gasteiger partial charge in [0.05, 0.1) is 0 Å². The van der Waals surface area contributed by atoms with Crippen LogP contribution in [-0.4, -0.2) is 29.9 Å². The highest BCUT2D eigenvalue weighted by Gasteiger charge is 2.20. The molecule has 2 aliphatic rings. The van der Waals surface area contributed by atoms with Crippen molar-refractivity contribution in [3.8, 4) is 67.8 Å². The van der Waals surface area contributed by atoms with Gasteiger partial charge < -0.3 is 0 Å². The van der Waals surface area contributed by atoms with Gasteiger partial charge >= 0.3 is 0 Å². The van der Waals surface area contributed by atoms with E-state index < -0.39 is 0 Å². The molecule has 7 heteroatoms. The van der Waals surface area contributed by atoms with Gasteiger partial charge in [-0.2, -0.15) is 0 Å². The molecule has 0 amide bonds. The summed E-state index contributed by atoms with van der Waals surface area (Å²) in [5.41, 5.74) is 9.53. The average Bonchev–Trinajstić information content (AvgIpc) is 3.74. The zero-order valence-corrected chi connectivity index (χ0v) is 34.0. The third kappa shape index (κ3) is 7.19. The Bertz CT molecular complexity index is 3180. The molecule has 2 aliphatic carbocycles. The first kappa shape index (κ1) is 36.6. The number of hydrogen-bond donors (Lipinski definition) is 0. The SMILES string of the molecule is C1=CCCC(c2nc(-c3cccc(-c4cccc5sc6c(-c7cccc(-c8nc(-c9ccccc9)nc(-c9ccccc9)n8)c7)cccc6c45)c3)nc(C3C=CC=CC3)n2)=C1. The molecule has 9 aromatic rings. The number of fused-ring (bicyclic) bond motifs is 3. The Labute approximate surface area is 358 Å². The van der Waals surface area contributed by atoms with Crippen molar-refractivity contribution in [3.63, 3.8) is 0 Å². The standard InChI is InChI=1S/C54H38N6S/c1-5-17-35(18-6-1)49-55-50(36-19-7-2-8-20-36)58-53(57-49)41-27-13-25-39(33-41)43-29-16-32-46-47(43)45-31-15-30-44(48(45)61-46)40-26-14-28-42(34-40)54-59-51(37-21-9-3-10-22-37)56-52(60-54)38-23-11-4-12-24-38/h1-7,9-17,19,21-35H,8,18,20H2. The van der Waals surface area contributed by atoms with Crippen molar-refractivity contribution in [1.82, 2.24) is 29.9 Å². The normalized spacial score (nSPS) is 14.8. The van der Waals surface area contributed by atoms with E-state index >= 15 is 0 Å². The lowest BCUT2D eigenvalue weighted by atomic mass is 9.96. The first-order valence-corrected chi connectivity index (χ1v) is 21.5. The highest BCUT2D eigenvalue weighted by atomic mass is 32.1. The monoisotopic (exact) mass is 802 g/mol. The lowest BCUT2D eigenvalue weighted by Gasteiger charge is -2.16. The third-order valence-electron chi connectivity index (χ3n) is 11.4. The summed E-state index contributed by atoms with van der Waals surface area (Å²) in [6.45, 7) is 0. The molecule has 0 saturated heterocycles. The fourth-order valence-corrected chi connectivity index (χ4v) is 9.56. The van der Waals surface area contributed by atoms with Crippen molar-refractivity contribution in [2.45, 2.75) is 25.2 Å². The smallest absolute Gasteiger partial charge is 0.164 e. The van der Waals surface area contributed by atoms with Gasteiger partial charge in [0.25, 0.3) is 0 Å². The predicted molar refractivity (Wildman–Crippen MR) is 251 cm³/mol. The molecule has 1 atom stereocenters. The molecule has 0 spiro atoms. The maximum atomic E-state index is 5.11. The zero-order valence-electron chi connectivity index (χ0n) is 33.2. The van der Waals surface area contributed by atoms with E-state index in [1.54, 1.807) is 0 Å². The highest BCUT2D eigenvalue weighted by molar-refractivity contribution is 7.26. The van der Waals surface area contributed by atoms with Crippen molar-refractivity contribution in [2.24, 2.45) is 0 Å². The van der Waals surface area contributed by atoms with Crippen molar-refractivity contribution in [3.05, 3.63) is 200 Å². The number of allylic oxidation sites excluding steroid dienone is 8. The number of hydrogen-bond acceptors (Lipinski definition) is 7. The van der Waals surface area contributed by atoms with Gasteiger partial charge in [-0.05, 0) is 65.3 Å². The van der Waals surface area contributed by atoms with E-state index in [9.17, 15) is 0 Å². The first-order chi connectivity index (χ1) is 30.2. The summed E-state index contributed by atoms with van der Waals surface area (Å²) < 4.78 is 2.47. The molecule has 290 valence electrons. The molecule has 6 nitrogen and oxygen atoms in total. The lowest BCUT2D eigenvalue weighted by Crippen LogP contribution is -2.09. The molecule has 6 aromatic carbocycles. The highest BCUT2D eigenvalue weighted by Crippen LogP contribution is 2.44. The summed E-state index contributed by atoms with van der Waals surface area (Å²) in [7, 11) is 0. The van der Waals surface area contributed by atoms with Crippen molar-refractivity contribution in [1.29, 1.82) is 0 Å². The summed E-state index contributed by atoms with van der Waals surface area (Å²) >= 11 is 1.83. The molecule has 61 heavy (non-hydrogen) atoms. The van der Waals surface area contributed by atoms with E-state index in [2.05, 4.69) is 127 Å². The van der Waals surface area contributed by atoms with Crippen LogP contribution in [0.3, 0.4) is 0 Å². The van der Waals surface area contributed by atoms with Crippen molar-refractivity contribution >= 4 is 37.1 Å². The van der Waals surface area contributed by atoms with Gasteiger partial charge in [-0.1, -0.05) is 170 Å². The van der Waals surface area contributed by atoms with Crippen molar-refractivity contribution in [2.75, 3.05) is 0 Å². The second-order valence-corrected chi connectivity index (χ2v) is 16.4. The maximum Gasteiger partial charge on any atom is 0.164 e. The molecule has 0 N–H and O–H groups in total. The van der Waals surface area contributed by atoms with Gasteiger partial charge in [-0.25, -0.2) is 29.9 Å². The van der Waals surface area contributed by atoms with Crippen molar-refractivity contribution < 1.29 is 0 Å². The Morgan fingerprint density at radius 3 is 1.70 bits per heavy atom. The molecule has 1 unspecified atom stereocenters. The number of thiophene rings is 1. The minimum atomic E-state index is 0.116. The summed E-state index contributed by atoms with van der Waals surface area (Å²) in [6, 6.07) is 50.7. The second kappa shape index (κ2) is 15.9. The summed E-state index contributed by atoms with van der Waals surface area (Å²) in [4.78, 5) is 30.2. The fourth-order valence-electron chi connectivity index (χ4n) is 8.30. The molecule has 0 radical (unpaired) electrons. The Kier molecular flexibility index (Phi) is 9.56. The Hall–Kier alpha value is -7.48. The van der Waals surface area contributed by atoms with Crippen LogP contribution in [0.15, 0.2) is 188 Å². The van der Waals surface area contributed by atoms with Gasteiger partial charge in [-0.15, -0.1) is 11.3 Å². The van der Waals surface area contributed by atoms with Crippen LogP contribution in [0.5, 0.6) is 0 Å². The molecular weight excluding hydrogens is 765 g/mol.